The van der Waals surface area contributed by atoms with Crippen LogP contribution >= 0.6 is 0 Å². The van der Waals surface area contributed by atoms with Crippen molar-refractivity contribution in [2.75, 3.05) is 5.32 Å². The molecule has 0 spiro atoms. The highest BCUT2D eigenvalue weighted by Crippen LogP contribution is 2.31. The summed E-state index contributed by atoms with van der Waals surface area (Å²) < 4.78 is 38.2. The second-order valence-corrected chi connectivity index (χ2v) is 5.06. The van der Waals surface area contributed by atoms with E-state index in [2.05, 4.69) is 15.5 Å². The summed E-state index contributed by atoms with van der Waals surface area (Å²) in [6.45, 7) is 0. The lowest BCUT2D eigenvalue weighted by Crippen LogP contribution is -2.13. The fraction of sp³-hybridized carbons (Fsp3) is 0.0588. The van der Waals surface area contributed by atoms with E-state index in [1.54, 1.807) is 12.1 Å². The van der Waals surface area contributed by atoms with Crippen LogP contribution in [0.3, 0.4) is 0 Å². The smallest absolute Gasteiger partial charge is 0.322 e. The number of nitrogens with zero attached hydrogens (tertiary/aromatic N) is 1. The van der Waals surface area contributed by atoms with Crippen molar-refractivity contribution >= 4 is 11.6 Å². The molecule has 3 rings (SSSR count). The van der Waals surface area contributed by atoms with Crippen LogP contribution in [-0.4, -0.2) is 16.1 Å². The number of halogens is 3. The first-order chi connectivity index (χ1) is 11.4. The van der Waals surface area contributed by atoms with E-state index in [4.69, 9.17) is 0 Å². The van der Waals surface area contributed by atoms with Gasteiger partial charge in [0.25, 0.3) is 5.91 Å². The van der Waals surface area contributed by atoms with Gasteiger partial charge in [0.2, 0.25) is 0 Å². The van der Waals surface area contributed by atoms with Crippen molar-refractivity contribution in [1.29, 1.82) is 0 Å². The van der Waals surface area contributed by atoms with Crippen molar-refractivity contribution in [2.24, 2.45) is 0 Å². The molecule has 1 amide bonds. The van der Waals surface area contributed by atoms with E-state index < -0.39 is 17.6 Å². The first kappa shape index (κ1) is 15.8. The topological polar surface area (TPSA) is 57.8 Å². The number of anilines is 1. The number of carbonyl (C=O) groups is 1. The summed E-state index contributed by atoms with van der Waals surface area (Å²) in [5, 5.41) is 9.05. The van der Waals surface area contributed by atoms with Gasteiger partial charge in [-0.05, 0) is 18.2 Å². The zero-order valence-corrected chi connectivity index (χ0v) is 12.3. The summed E-state index contributed by atoms with van der Waals surface area (Å²) in [6, 6.07) is 13.5. The van der Waals surface area contributed by atoms with Gasteiger partial charge in [0.15, 0.2) is 0 Å². The predicted molar refractivity (Wildman–Crippen MR) is 83.4 cm³/mol. The minimum absolute atomic E-state index is 0.0648. The minimum atomic E-state index is -4.47. The maximum Gasteiger partial charge on any atom is 0.416 e. The fourth-order valence-corrected chi connectivity index (χ4v) is 2.25. The van der Waals surface area contributed by atoms with Crippen LogP contribution in [-0.2, 0) is 6.18 Å². The van der Waals surface area contributed by atoms with Crippen LogP contribution in [0.1, 0.15) is 15.9 Å². The molecule has 2 aromatic carbocycles. The summed E-state index contributed by atoms with van der Waals surface area (Å²) in [7, 11) is 0. The van der Waals surface area contributed by atoms with Gasteiger partial charge in [0.1, 0.15) is 0 Å². The van der Waals surface area contributed by atoms with Crippen molar-refractivity contribution in [3.8, 4) is 11.3 Å². The molecule has 0 unspecified atom stereocenters. The summed E-state index contributed by atoms with van der Waals surface area (Å²) in [6.07, 6.45) is -3.13. The van der Waals surface area contributed by atoms with Crippen molar-refractivity contribution in [2.45, 2.75) is 6.18 Å². The summed E-state index contributed by atoms with van der Waals surface area (Å²) in [5.41, 5.74) is 0.744. The molecule has 122 valence electrons. The lowest BCUT2D eigenvalue weighted by Gasteiger charge is -2.10. The van der Waals surface area contributed by atoms with Crippen LogP contribution in [0.25, 0.3) is 11.3 Å². The SMILES string of the molecule is O=C(Nc1cccc(C(F)(F)F)c1)c1cn[nH]c1-c1ccccc1. The van der Waals surface area contributed by atoms with Gasteiger partial charge in [-0.3, -0.25) is 9.89 Å². The van der Waals surface area contributed by atoms with Crippen LogP contribution in [0.5, 0.6) is 0 Å². The quantitative estimate of drug-likeness (QED) is 0.750. The van der Waals surface area contributed by atoms with Crippen LogP contribution in [0.2, 0.25) is 0 Å². The Hall–Kier alpha value is -3.09. The van der Waals surface area contributed by atoms with E-state index in [-0.39, 0.29) is 11.3 Å². The highest BCUT2D eigenvalue weighted by atomic mass is 19.4. The van der Waals surface area contributed by atoms with Gasteiger partial charge in [-0.2, -0.15) is 18.3 Å². The summed E-state index contributed by atoms with van der Waals surface area (Å²) in [5.74, 6) is -0.540. The Bertz CT molecular complexity index is 857. The number of aromatic amines is 1. The van der Waals surface area contributed by atoms with Crippen molar-refractivity contribution in [1.82, 2.24) is 10.2 Å². The molecule has 0 saturated heterocycles. The average molecular weight is 331 g/mol. The minimum Gasteiger partial charge on any atom is -0.322 e. The molecule has 2 N–H and O–H groups in total. The van der Waals surface area contributed by atoms with E-state index in [0.29, 0.717) is 5.69 Å². The highest BCUT2D eigenvalue weighted by molar-refractivity contribution is 6.08. The molecular formula is C17H12F3N3O. The Balaban J connectivity index is 1.86. The number of rotatable bonds is 3. The Kier molecular flexibility index (Phi) is 4.07. The molecule has 0 bridgehead atoms. The van der Waals surface area contributed by atoms with Gasteiger partial charge in [0.05, 0.1) is 23.0 Å². The fourth-order valence-electron chi connectivity index (χ4n) is 2.25. The van der Waals surface area contributed by atoms with Gasteiger partial charge >= 0.3 is 6.18 Å². The number of carbonyl (C=O) groups excluding carboxylic acids is 1. The van der Waals surface area contributed by atoms with Gasteiger partial charge in [0, 0.05) is 11.3 Å². The molecular weight excluding hydrogens is 319 g/mol. The Morgan fingerprint density at radius 1 is 1.04 bits per heavy atom. The van der Waals surface area contributed by atoms with Crippen molar-refractivity contribution in [3.05, 3.63) is 71.9 Å². The molecule has 4 nitrogen and oxygen atoms in total. The number of amides is 1. The van der Waals surface area contributed by atoms with Crippen LogP contribution < -0.4 is 5.32 Å². The van der Waals surface area contributed by atoms with E-state index in [9.17, 15) is 18.0 Å². The zero-order chi connectivity index (χ0) is 17.2. The number of nitrogens with one attached hydrogen (secondary N) is 2. The second-order valence-electron chi connectivity index (χ2n) is 5.06. The number of benzene rings is 2. The zero-order valence-electron chi connectivity index (χ0n) is 12.3. The van der Waals surface area contributed by atoms with E-state index in [0.717, 1.165) is 17.7 Å². The second kappa shape index (κ2) is 6.19. The molecule has 0 aliphatic carbocycles. The van der Waals surface area contributed by atoms with Gasteiger partial charge in [-0.15, -0.1) is 0 Å². The monoisotopic (exact) mass is 331 g/mol. The molecule has 7 heteroatoms. The number of hydrogen-bond donors (Lipinski definition) is 2. The molecule has 1 aromatic heterocycles. The third-order valence-corrected chi connectivity index (χ3v) is 3.39. The Morgan fingerprint density at radius 2 is 1.79 bits per heavy atom. The maximum atomic E-state index is 12.7. The number of hydrogen-bond acceptors (Lipinski definition) is 2. The molecule has 0 aliphatic rings. The molecule has 0 radical (unpaired) electrons. The molecule has 0 atom stereocenters. The van der Waals surface area contributed by atoms with Crippen LogP contribution in [0, 0.1) is 0 Å². The van der Waals surface area contributed by atoms with Crippen molar-refractivity contribution in [3.63, 3.8) is 0 Å². The maximum absolute atomic E-state index is 12.7. The molecule has 3 aromatic rings. The number of alkyl halides is 3. The van der Waals surface area contributed by atoms with Gasteiger partial charge in [-0.1, -0.05) is 36.4 Å². The van der Waals surface area contributed by atoms with E-state index in [1.807, 2.05) is 18.2 Å². The molecule has 1 heterocycles. The summed E-state index contributed by atoms with van der Waals surface area (Å²) >= 11 is 0. The largest absolute Gasteiger partial charge is 0.416 e. The third kappa shape index (κ3) is 3.29. The van der Waals surface area contributed by atoms with E-state index >= 15 is 0 Å². The van der Waals surface area contributed by atoms with Crippen LogP contribution in [0.15, 0.2) is 60.8 Å². The number of H-pyrrole nitrogens is 1. The molecule has 0 aliphatic heterocycles. The highest BCUT2D eigenvalue weighted by Gasteiger charge is 2.30. The predicted octanol–water partition coefficient (Wildman–Crippen LogP) is 4.35. The first-order valence-electron chi connectivity index (χ1n) is 7.02. The van der Waals surface area contributed by atoms with Crippen LogP contribution in [0.4, 0.5) is 18.9 Å². The summed E-state index contributed by atoms with van der Waals surface area (Å²) in [4.78, 5) is 12.4. The number of aromatic nitrogens is 2. The van der Waals surface area contributed by atoms with Crippen molar-refractivity contribution < 1.29 is 18.0 Å². The van der Waals surface area contributed by atoms with Gasteiger partial charge in [-0.25, -0.2) is 0 Å². The van der Waals surface area contributed by atoms with E-state index in [1.165, 1.54) is 18.3 Å². The normalized spacial score (nSPS) is 11.3. The average Bonchev–Trinajstić information content (AvgIpc) is 3.05. The van der Waals surface area contributed by atoms with Gasteiger partial charge < -0.3 is 5.32 Å². The Morgan fingerprint density at radius 3 is 2.50 bits per heavy atom. The lowest BCUT2D eigenvalue weighted by molar-refractivity contribution is -0.137. The first-order valence-corrected chi connectivity index (χ1v) is 7.02. The lowest BCUT2D eigenvalue weighted by atomic mass is 10.1. The third-order valence-electron chi connectivity index (χ3n) is 3.39. The molecule has 0 fully saturated rings. The molecule has 24 heavy (non-hydrogen) atoms. The molecule has 0 saturated carbocycles. The Labute approximate surface area is 135 Å². The standard InChI is InChI=1S/C17H12F3N3O/c18-17(19,20)12-7-4-8-13(9-12)22-16(24)14-10-21-23-15(14)11-5-2-1-3-6-11/h1-10H,(H,21,23)(H,22,24).